The van der Waals surface area contributed by atoms with Crippen LogP contribution >= 0.6 is 0 Å². The summed E-state index contributed by atoms with van der Waals surface area (Å²) in [5, 5.41) is 1.32. The zero-order chi connectivity index (χ0) is 10.7. The second kappa shape index (κ2) is 4.54. The maximum absolute atomic E-state index is 5.54. The molecule has 1 aromatic heterocycles. The van der Waals surface area contributed by atoms with E-state index >= 15 is 0 Å². The number of rotatable bonds is 4. The van der Waals surface area contributed by atoms with E-state index in [0.717, 1.165) is 13.0 Å². The predicted octanol–water partition coefficient (Wildman–Crippen LogP) is 1.77. The van der Waals surface area contributed by atoms with Gasteiger partial charge in [-0.2, -0.15) is 0 Å². The number of fused-ring (bicyclic) bond motifs is 1. The second-order valence-corrected chi connectivity index (χ2v) is 3.87. The molecule has 0 bridgehead atoms. The normalized spacial score (nSPS) is 11.3. The third-order valence-electron chi connectivity index (χ3n) is 2.75. The van der Waals surface area contributed by atoms with Crippen LogP contribution < -0.4 is 0 Å². The van der Waals surface area contributed by atoms with Crippen molar-refractivity contribution in [3.63, 3.8) is 0 Å². The summed E-state index contributed by atoms with van der Waals surface area (Å²) in [7, 11) is 7.58. The van der Waals surface area contributed by atoms with Gasteiger partial charge in [-0.15, -0.1) is 0 Å². The van der Waals surface area contributed by atoms with Crippen LogP contribution in [0.4, 0.5) is 0 Å². The number of hydrogen-bond donors (Lipinski definition) is 1. The Morgan fingerprint density at radius 1 is 1.33 bits per heavy atom. The molecule has 1 N–H and O–H groups in total. The number of likely N-dealkylation sites (N-methyl/N-ethyl adjacent to an activating group) is 1. The summed E-state index contributed by atoms with van der Waals surface area (Å²) in [5.41, 5.74) is 2.58. The van der Waals surface area contributed by atoms with E-state index in [2.05, 4.69) is 40.3 Å². The maximum atomic E-state index is 5.54. The van der Waals surface area contributed by atoms with E-state index in [0.29, 0.717) is 6.44 Å². The first-order valence-electron chi connectivity index (χ1n) is 5.25. The van der Waals surface area contributed by atoms with Gasteiger partial charge in [-0.3, -0.25) is 0 Å². The van der Waals surface area contributed by atoms with Crippen molar-refractivity contribution in [2.24, 2.45) is 0 Å². The Bertz CT molecular complexity index is 436. The van der Waals surface area contributed by atoms with E-state index in [1.54, 1.807) is 0 Å². The molecule has 1 aromatic carbocycles. The monoisotopic (exact) mass is 198 g/mol. The summed E-state index contributed by atoms with van der Waals surface area (Å²) >= 11 is 0. The molecule has 0 unspecified atom stereocenters. The molecule has 76 valence electrons. The van der Waals surface area contributed by atoms with Gasteiger partial charge in [0.2, 0.25) is 0 Å². The van der Waals surface area contributed by atoms with Crippen LogP contribution in [0, 0.1) is 0 Å². The Balaban J connectivity index is 2.14. The number of benzene rings is 1. The van der Waals surface area contributed by atoms with Gasteiger partial charge in [-0.05, 0) is 31.5 Å². The molecule has 0 aliphatic heterocycles. The molecule has 3 heteroatoms. The van der Waals surface area contributed by atoms with E-state index in [-0.39, 0.29) is 0 Å². The van der Waals surface area contributed by atoms with Gasteiger partial charge >= 0.3 is 0 Å². The fourth-order valence-electron chi connectivity index (χ4n) is 1.74. The van der Waals surface area contributed by atoms with Crippen LogP contribution in [0.2, 0.25) is 0 Å². The highest BCUT2D eigenvalue weighted by Crippen LogP contribution is 2.17. The van der Waals surface area contributed by atoms with Crippen molar-refractivity contribution in [1.29, 1.82) is 0 Å². The van der Waals surface area contributed by atoms with Crippen molar-refractivity contribution in [1.82, 2.24) is 9.88 Å². The van der Waals surface area contributed by atoms with Crippen LogP contribution in [0.25, 0.3) is 10.9 Å². The Kier molecular flexibility index (Phi) is 3.12. The van der Waals surface area contributed by atoms with Gasteiger partial charge < -0.3 is 9.88 Å². The first-order chi connectivity index (χ1) is 7.31. The third kappa shape index (κ3) is 2.24. The van der Waals surface area contributed by atoms with Crippen molar-refractivity contribution in [2.45, 2.75) is 6.42 Å². The van der Waals surface area contributed by atoms with Crippen molar-refractivity contribution >= 4 is 18.7 Å². The molecule has 0 saturated carbocycles. The van der Waals surface area contributed by atoms with E-state index in [1.807, 2.05) is 7.05 Å². The molecule has 0 aliphatic carbocycles. The van der Waals surface area contributed by atoms with Crippen LogP contribution in [0.1, 0.15) is 5.56 Å². The van der Waals surface area contributed by atoms with E-state index in [1.165, 1.54) is 16.5 Å². The Labute approximate surface area is 91.7 Å². The highest BCUT2D eigenvalue weighted by molar-refractivity contribution is 6.08. The fourth-order valence-corrected chi connectivity index (χ4v) is 1.74. The molecular formula is C12H15BN2. The van der Waals surface area contributed by atoms with Gasteiger partial charge in [-0.1, -0.05) is 18.2 Å². The molecular weight excluding hydrogens is 183 g/mol. The van der Waals surface area contributed by atoms with E-state index < -0.39 is 0 Å². The van der Waals surface area contributed by atoms with Crippen molar-refractivity contribution in [2.75, 3.05) is 20.0 Å². The van der Waals surface area contributed by atoms with Crippen LogP contribution in [-0.2, 0) is 6.42 Å². The van der Waals surface area contributed by atoms with E-state index in [9.17, 15) is 0 Å². The smallest absolute Gasteiger partial charge is 0.0863 e. The molecule has 0 fully saturated rings. The number of aromatic amines is 1. The topological polar surface area (TPSA) is 19.0 Å². The number of hydrogen-bond acceptors (Lipinski definition) is 1. The number of H-pyrrole nitrogens is 1. The lowest BCUT2D eigenvalue weighted by molar-refractivity contribution is 0.394. The number of para-hydroxylation sites is 1. The lowest BCUT2D eigenvalue weighted by Gasteiger charge is -2.13. The minimum absolute atomic E-state index is 0.613. The fraction of sp³-hybridized carbons (Fsp3) is 0.333. The second-order valence-electron chi connectivity index (χ2n) is 3.87. The van der Waals surface area contributed by atoms with Crippen molar-refractivity contribution in [3.05, 3.63) is 36.0 Å². The summed E-state index contributed by atoms with van der Waals surface area (Å²) in [6, 6.07) is 8.38. The number of nitrogens with zero attached hydrogens (tertiary/aromatic N) is 1. The minimum Gasteiger partial charge on any atom is -0.361 e. The van der Waals surface area contributed by atoms with Gasteiger partial charge in [0.15, 0.2) is 0 Å². The summed E-state index contributed by atoms with van der Waals surface area (Å²) < 4.78 is 0. The van der Waals surface area contributed by atoms with Crippen LogP contribution in [0.5, 0.6) is 0 Å². The minimum atomic E-state index is 0.613. The SMILES string of the molecule is [B]CN(C)CCc1c[nH]c2ccccc12. The average molecular weight is 198 g/mol. The highest BCUT2D eigenvalue weighted by Gasteiger charge is 2.03. The molecule has 2 nitrogen and oxygen atoms in total. The highest BCUT2D eigenvalue weighted by atomic mass is 15.1. The van der Waals surface area contributed by atoms with E-state index in [4.69, 9.17) is 7.85 Å². The number of nitrogens with one attached hydrogen (secondary N) is 1. The molecule has 0 amide bonds. The van der Waals surface area contributed by atoms with Gasteiger partial charge in [0.1, 0.15) is 0 Å². The van der Waals surface area contributed by atoms with Crippen molar-refractivity contribution in [3.8, 4) is 0 Å². The van der Waals surface area contributed by atoms with Crippen LogP contribution in [-0.4, -0.2) is 37.8 Å². The zero-order valence-electron chi connectivity index (χ0n) is 9.03. The summed E-state index contributed by atoms with van der Waals surface area (Å²) in [5.74, 6) is 0. The summed E-state index contributed by atoms with van der Waals surface area (Å²) in [6.07, 6.45) is 3.75. The zero-order valence-corrected chi connectivity index (χ0v) is 9.03. The standard InChI is InChI=1S/C12H15BN2/c1-15(9-13)7-6-10-8-14-12-5-3-2-4-11(10)12/h2-5,8,14H,6-7,9H2,1H3. The molecule has 15 heavy (non-hydrogen) atoms. The number of aromatic nitrogens is 1. The van der Waals surface area contributed by atoms with Gasteiger partial charge in [0.25, 0.3) is 0 Å². The first-order valence-corrected chi connectivity index (χ1v) is 5.25. The average Bonchev–Trinajstić information content (AvgIpc) is 2.69. The van der Waals surface area contributed by atoms with Crippen LogP contribution in [0.3, 0.4) is 0 Å². The third-order valence-corrected chi connectivity index (χ3v) is 2.75. The molecule has 0 spiro atoms. The molecule has 2 aromatic rings. The van der Waals surface area contributed by atoms with Gasteiger partial charge in [0.05, 0.1) is 7.85 Å². The maximum Gasteiger partial charge on any atom is 0.0863 e. The van der Waals surface area contributed by atoms with Crippen LogP contribution in [0.15, 0.2) is 30.5 Å². The first kappa shape index (κ1) is 10.3. The Morgan fingerprint density at radius 3 is 2.93 bits per heavy atom. The molecule has 0 aliphatic rings. The Hall–Kier alpha value is -1.22. The van der Waals surface area contributed by atoms with Gasteiger partial charge in [-0.25, -0.2) is 0 Å². The van der Waals surface area contributed by atoms with Gasteiger partial charge in [0, 0.05) is 23.6 Å². The molecule has 0 atom stereocenters. The lowest BCUT2D eigenvalue weighted by atomic mass is 10.1. The molecule has 2 radical (unpaired) electrons. The molecule has 1 heterocycles. The summed E-state index contributed by atoms with van der Waals surface area (Å²) in [4.78, 5) is 5.39. The molecule has 0 saturated heterocycles. The van der Waals surface area contributed by atoms with Crippen molar-refractivity contribution < 1.29 is 0 Å². The predicted molar refractivity (Wildman–Crippen MR) is 65.3 cm³/mol. The molecule has 2 rings (SSSR count). The largest absolute Gasteiger partial charge is 0.361 e. The quantitative estimate of drug-likeness (QED) is 0.741. The Morgan fingerprint density at radius 2 is 2.13 bits per heavy atom. The summed E-state index contributed by atoms with van der Waals surface area (Å²) in [6.45, 7) is 0.998. The lowest BCUT2D eigenvalue weighted by Crippen LogP contribution is -2.22.